The fraction of sp³-hybridized carbons (Fsp3) is 0.385. The summed E-state index contributed by atoms with van der Waals surface area (Å²) in [6, 6.07) is 17.2. The van der Waals surface area contributed by atoms with Crippen LogP contribution < -0.4 is 25.6 Å². The Kier molecular flexibility index (Phi) is 7.18. The Morgan fingerprint density at radius 1 is 1.03 bits per heavy atom. The second-order valence-corrected chi connectivity index (χ2v) is 9.32. The monoisotopic (exact) mass is 463 g/mol. The number of para-hydroxylation sites is 1. The van der Waals surface area contributed by atoms with Crippen LogP contribution in [0.15, 0.2) is 48.5 Å². The van der Waals surface area contributed by atoms with Gasteiger partial charge in [0.15, 0.2) is 5.11 Å². The number of hydrogen-bond donors (Lipinski definition) is 3. The lowest BCUT2D eigenvalue weighted by Crippen LogP contribution is -2.42. The van der Waals surface area contributed by atoms with E-state index in [9.17, 15) is 0 Å². The maximum atomic E-state index is 5.57. The van der Waals surface area contributed by atoms with E-state index in [1.807, 2.05) is 31.2 Å². The molecule has 0 aliphatic heterocycles. The number of hydrogen-bond acceptors (Lipinski definition) is 5. The molecule has 2 aromatic carbocycles. The highest BCUT2D eigenvalue weighted by Gasteiger charge is 2.22. The van der Waals surface area contributed by atoms with Gasteiger partial charge in [-0.15, -0.1) is 0 Å². The minimum Gasteiger partial charge on any atom is -0.497 e. The normalized spacial score (nSPS) is 17.9. The minimum absolute atomic E-state index is 0.378. The third kappa shape index (κ3) is 5.66. The van der Waals surface area contributed by atoms with Gasteiger partial charge in [0.05, 0.1) is 12.6 Å². The molecule has 0 amide bonds. The summed E-state index contributed by atoms with van der Waals surface area (Å²) in [5.74, 6) is 1.79. The van der Waals surface area contributed by atoms with Crippen LogP contribution in [0.1, 0.15) is 31.2 Å². The molecule has 0 saturated heterocycles. The Hall–Kier alpha value is -3.06. The number of fused-ring (bicyclic) bond motifs is 1. The van der Waals surface area contributed by atoms with Crippen molar-refractivity contribution >= 4 is 45.4 Å². The van der Waals surface area contributed by atoms with Gasteiger partial charge in [-0.2, -0.15) is 0 Å². The summed E-state index contributed by atoms with van der Waals surface area (Å²) in [5, 5.41) is 12.3. The van der Waals surface area contributed by atoms with Crippen LogP contribution in [0.3, 0.4) is 0 Å². The van der Waals surface area contributed by atoms with Gasteiger partial charge >= 0.3 is 0 Å². The van der Waals surface area contributed by atoms with Crippen molar-refractivity contribution in [1.29, 1.82) is 0 Å². The topological polar surface area (TPSA) is 61.5 Å². The van der Waals surface area contributed by atoms with Crippen LogP contribution >= 0.6 is 12.2 Å². The fourth-order valence-corrected chi connectivity index (χ4v) is 4.72. The van der Waals surface area contributed by atoms with Gasteiger partial charge in [0.1, 0.15) is 11.6 Å². The van der Waals surface area contributed by atoms with Gasteiger partial charge in [-0.1, -0.05) is 18.2 Å². The number of pyridine rings is 1. The van der Waals surface area contributed by atoms with Crippen LogP contribution in [0.2, 0.25) is 0 Å². The van der Waals surface area contributed by atoms with Crippen molar-refractivity contribution in [3.05, 3.63) is 54.1 Å². The number of aryl methyl sites for hydroxylation is 1. The lowest BCUT2D eigenvalue weighted by atomic mass is 9.91. The molecule has 3 N–H and O–H groups in total. The molecule has 7 heteroatoms. The number of nitrogens with zero attached hydrogens (tertiary/aromatic N) is 2. The largest absolute Gasteiger partial charge is 0.497 e. The Bertz CT molecular complexity index is 1120. The zero-order chi connectivity index (χ0) is 23.4. The van der Waals surface area contributed by atoms with Crippen molar-refractivity contribution in [3.8, 4) is 5.75 Å². The highest BCUT2D eigenvalue weighted by atomic mass is 32.1. The van der Waals surface area contributed by atoms with Gasteiger partial charge in [-0.3, -0.25) is 0 Å². The van der Waals surface area contributed by atoms with Crippen LogP contribution in [-0.4, -0.2) is 43.4 Å². The van der Waals surface area contributed by atoms with Gasteiger partial charge in [0.2, 0.25) is 0 Å². The van der Waals surface area contributed by atoms with Crippen molar-refractivity contribution < 1.29 is 4.74 Å². The van der Waals surface area contributed by atoms with E-state index in [0.29, 0.717) is 17.2 Å². The van der Waals surface area contributed by atoms with Crippen LogP contribution in [0.5, 0.6) is 5.75 Å². The van der Waals surface area contributed by atoms with Crippen molar-refractivity contribution in [3.63, 3.8) is 0 Å². The van der Waals surface area contributed by atoms with Crippen molar-refractivity contribution in [2.24, 2.45) is 0 Å². The molecule has 33 heavy (non-hydrogen) atoms. The molecule has 0 bridgehead atoms. The maximum absolute atomic E-state index is 5.57. The van der Waals surface area contributed by atoms with E-state index in [-0.39, 0.29) is 0 Å². The number of benzene rings is 2. The highest BCUT2D eigenvalue weighted by Crippen LogP contribution is 2.29. The fourth-order valence-electron chi connectivity index (χ4n) is 4.44. The summed E-state index contributed by atoms with van der Waals surface area (Å²) in [4.78, 5) is 7.00. The van der Waals surface area contributed by atoms with E-state index in [4.69, 9.17) is 21.9 Å². The third-order valence-electron chi connectivity index (χ3n) is 6.27. The van der Waals surface area contributed by atoms with Crippen molar-refractivity contribution in [2.45, 2.75) is 44.7 Å². The summed E-state index contributed by atoms with van der Waals surface area (Å²) in [6.45, 7) is 2.05. The lowest BCUT2D eigenvalue weighted by Gasteiger charge is -2.31. The molecule has 3 aromatic rings. The van der Waals surface area contributed by atoms with Crippen molar-refractivity contribution in [1.82, 2.24) is 10.3 Å². The number of thiocarbonyl (C=S) groups is 1. The Labute approximate surface area is 201 Å². The first-order valence-corrected chi connectivity index (χ1v) is 11.9. The molecule has 1 heterocycles. The first-order valence-electron chi connectivity index (χ1n) is 11.5. The number of rotatable bonds is 6. The second kappa shape index (κ2) is 10.3. The summed E-state index contributed by atoms with van der Waals surface area (Å²) in [7, 11) is 5.83. The highest BCUT2D eigenvalue weighted by molar-refractivity contribution is 7.80. The molecule has 0 radical (unpaired) electrons. The van der Waals surface area contributed by atoms with E-state index in [1.54, 1.807) is 7.11 Å². The van der Waals surface area contributed by atoms with Crippen LogP contribution in [0.4, 0.5) is 17.2 Å². The predicted molar refractivity (Wildman–Crippen MR) is 143 cm³/mol. The van der Waals surface area contributed by atoms with E-state index in [1.165, 1.54) is 11.1 Å². The first kappa shape index (κ1) is 23.1. The molecule has 0 unspecified atom stereocenters. The van der Waals surface area contributed by atoms with E-state index >= 15 is 0 Å². The zero-order valence-electron chi connectivity index (χ0n) is 19.8. The molecule has 1 fully saturated rings. The predicted octanol–water partition coefficient (Wildman–Crippen LogP) is 5.33. The van der Waals surface area contributed by atoms with Gasteiger partial charge in [0, 0.05) is 49.0 Å². The Balaban J connectivity index is 1.32. The van der Waals surface area contributed by atoms with Crippen LogP contribution in [-0.2, 0) is 0 Å². The van der Waals surface area contributed by atoms with Crippen LogP contribution in [0, 0.1) is 6.92 Å². The first-order chi connectivity index (χ1) is 15.9. The third-order valence-corrected chi connectivity index (χ3v) is 6.49. The molecule has 4 rings (SSSR count). The van der Waals surface area contributed by atoms with Gasteiger partial charge in [0.25, 0.3) is 0 Å². The second-order valence-electron chi connectivity index (χ2n) is 8.91. The van der Waals surface area contributed by atoms with Crippen molar-refractivity contribution in [2.75, 3.05) is 36.7 Å². The smallest absolute Gasteiger partial charge is 0.171 e. The van der Waals surface area contributed by atoms with Gasteiger partial charge < -0.3 is 25.6 Å². The number of methoxy groups -OCH3 is 1. The van der Waals surface area contributed by atoms with Crippen LogP contribution in [0.25, 0.3) is 10.9 Å². The average molecular weight is 464 g/mol. The van der Waals surface area contributed by atoms with E-state index in [2.05, 4.69) is 59.2 Å². The molecule has 1 aliphatic carbocycles. The SMILES string of the molecule is COc1ccc(NC(=S)N[C@H]2CC[C@@H](Nc3cc(N(C)C)c4ccccc4n3)CC2)c(C)c1. The van der Waals surface area contributed by atoms with Gasteiger partial charge in [-0.05, 0) is 74.7 Å². The maximum Gasteiger partial charge on any atom is 0.171 e. The minimum atomic E-state index is 0.378. The average Bonchev–Trinajstić information content (AvgIpc) is 2.81. The summed E-state index contributed by atoms with van der Waals surface area (Å²) < 4.78 is 5.28. The number of aromatic nitrogens is 1. The van der Waals surface area contributed by atoms with E-state index < -0.39 is 0 Å². The summed E-state index contributed by atoms with van der Waals surface area (Å²) in [5.41, 5.74) is 4.31. The van der Waals surface area contributed by atoms with Gasteiger partial charge in [-0.25, -0.2) is 4.98 Å². The standard InChI is InChI=1S/C26H33N5OS/c1-17-15-20(32-4)13-14-22(17)30-26(33)28-19-11-9-18(10-12-19)27-25-16-24(31(2)3)21-7-5-6-8-23(21)29-25/h5-8,13-16,18-19H,9-12H2,1-4H3,(H,27,29)(H2,28,30,33)/t18-,19+. The molecule has 0 spiro atoms. The zero-order valence-corrected chi connectivity index (χ0v) is 20.6. The number of ether oxygens (including phenoxy) is 1. The molecule has 174 valence electrons. The summed E-state index contributed by atoms with van der Waals surface area (Å²) in [6.07, 6.45) is 4.28. The number of anilines is 3. The molecule has 1 saturated carbocycles. The van der Waals surface area contributed by atoms with E-state index in [0.717, 1.165) is 54.0 Å². The molecule has 1 aromatic heterocycles. The molecule has 6 nitrogen and oxygen atoms in total. The Morgan fingerprint density at radius 3 is 2.45 bits per heavy atom. The summed E-state index contributed by atoms with van der Waals surface area (Å²) >= 11 is 5.57. The molecule has 0 atom stereocenters. The number of nitrogens with one attached hydrogen (secondary N) is 3. The quantitative estimate of drug-likeness (QED) is 0.427. The lowest BCUT2D eigenvalue weighted by molar-refractivity contribution is 0.388. The molecule has 1 aliphatic rings. The molecular weight excluding hydrogens is 430 g/mol. The molecular formula is C26H33N5OS. The Morgan fingerprint density at radius 2 is 1.76 bits per heavy atom.